The third-order valence-electron chi connectivity index (χ3n) is 6.07. The molecule has 0 saturated carbocycles. The number of rotatable bonds is 7. The fraction of sp³-hybridized carbons (Fsp3) is 0.462. The molecule has 9 nitrogen and oxygen atoms in total. The van der Waals surface area contributed by atoms with Gasteiger partial charge in [0.25, 0.3) is 0 Å². The summed E-state index contributed by atoms with van der Waals surface area (Å²) in [5.41, 5.74) is 1.85. The summed E-state index contributed by atoms with van der Waals surface area (Å²) in [6.45, 7) is 4.95. The van der Waals surface area contributed by atoms with Gasteiger partial charge in [-0.25, -0.2) is 4.79 Å². The molecule has 3 amide bonds. The fourth-order valence-corrected chi connectivity index (χ4v) is 4.05. The Bertz CT molecular complexity index is 1010. The lowest BCUT2D eigenvalue weighted by molar-refractivity contribution is -0.134. The molecular weight excluding hydrogens is 448 g/mol. The summed E-state index contributed by atoms with van der Waals surface area (Å²) in [6, 6.07) is 11.6. The van der Waals surface area contributed by atoms with Gasteiger partial charge in [0.2, 0.25) is 5.91 Å². The van der Waals surface area contributed by atoms with Crippen LogP contribution in [-0.4, -0.2) is 79.9 Å². The second kappa shape index (κ2) is 11.9. The first-order chi connectivity index (χ1) is 16.7. The second-order valence-corrected chi connectivity index (χ2v) is 9.28. The van der Waals surface area contributed by atoms with Crippen LogP contribution in [0.15, 0.2) is 42.5 Å². The van der Waals surface area contributed by atoms with E-state index in [1.165, 1.54) is 0 Å². The molecule has 3 rings (SSSR count). The number of methoxy groups -OCH3 is 1. The molecular formula is C26H36N4O5. The van der Waals surface area contributed by atoms with Gasteiger partial charge in [-0.15, -0.1) is 0 Å². The number of nitrogens with zero attached hydrogens (tertiary/aromatic N) is 2. The van der Waals surface area contributed by atoms with Crippen LogP contribution < -0.4 is 20.1 Å². The molecule has 1 heterocycles. The van der Waals surface area contributed by atoms with Gasteiger partial charge in [0.1, 0.15) is 17.6 Å². The third-order valence-corrected chi connectivity index (χ3v) is 6.07. The predicted octanol–water partition coefficient (Wildman–Crippen LogP) is 3.05. The number of benzene rings is 2. The van der Waals surface area contributed by atoms with Gasteiger partial charge in [0.15, 0.2) is 0 Å². The normalized spacial score (nSPS) is 19.1. The van der Waals surface area contributed by atoms with Crippen LogP contribution in [0.2, 0.25) is 0 Å². The molecule has 0 aromatic heterocycles. The molecule has 2 aromatic carbocycles. The maximum atomic E-state index is 13.2. The van der Waals surface area contributed by atoms with E-state index in [1.807, 2.05) is 21.0 Å². The van der Waals surface area contributed by atoms with Crippen LogP contribution in [0.4, 0.5) is 16.2 Å². The molecule has 3 atom stereocenters. The van der Waals surface area contributed by atoms with Crippen LogP contribution in [0.25, 0.3) is 0 Å². The minimum absolute atomic E-state index is 0.0503. The van der Waals surface area contributed by atoms with Crippen LogP contribution in [0.5, 0.6) is 11.5 Å². The number of anilines is 2. The summed E-state index contributed by atoms with van der Waals surface area (Å²) in [4.78, 5) is 29.6. The fourth-order valence-electron chi connectivity index (χ4n) is 4.05. The quantitative estimate of drug-likeness (QED) is 0.558. The van der Waals surface area contributed by atoms with Crippen molar-refractivity contribution in [2.75, 3.05) is 51.5 Å². The van der Waals surface area contributed by atoms with E-state index < -0.39 is 6.03 Å². The number of aliphatic hydroxyl groups is 1. The second-order valence-electron chi connectivity index (χ2n) is 9.28. The Kier molecular flexibility index (Phi) is 8.95. The van der Waals surface area contributed by atoms with Crippen molar-refractivity contribution in [2.45, 2.75) is 32.4 Å². The number of fused-ring (bicyclic) bond motifs is 1. The minimum atomic E-state index is -0.403. The average Bonchev–Trinajstić information content (AvgIpc) is 2.86. The van der Waals surface area contributed by atoms with Gasteiger partial charge >= 0.3 is 6.03 Å². The van der Waals surface area contributed by atoms with E-state index in [1.54, 1.807) is 54.5 Å². The first-order valence-corrected chi connectivity index (χ1v) is 11.8. The largest absolute Gasteiger partial charge is 0.497 e. The van der Waals surface area contributed by atoms with Crippen molar-refractivity contribution >= 4 is 23.3 Å². The minimum Gasteiger partial charge on any atom is -0.497 e. The standard InChI is InChI=1S/C26H36N4O5/c1-17-14-30(18(2)16-31)25(32)13-19-12-21(8-11-23(19)35-24(17)15-29(3)4)28-26(33)27-20-6-9-22(34-5)10-7-20/h6-12,17-18,24,31H,13-16H2,1-5H3,(H2,27,28,33)/t17-,18-,24-/m1/s1. The number of likely N-dealkylation sites (N-methyl/N-ethyl adjacent to an activating group) is 1. The highest BCUT2D eigenvalue weighted by Gasteiger charge is 2.30. The first kappa shape index (κ1) is 26.3. The maximum Gasteiger partial charge on any atom is 0.323 e. The molecule has 1 aliphatic heterocycles. The van der Waals surface area contributed by atoms with Crippen LogP contribution in [0.3, 0.4) is 0 Å². The highest BCUT2D eigenvalue weighted by molar-refractivity contribution is 6.00. The topological polar surface area (TPSA) is 103 Å². The lowest BCUT2D eigenvalue weighted by atomic mass is 10.0. The number of amides is 3. The molecule has 0 unspecified atom stereocenters. The summed E-state index contributed by atoms with van der Waals surface area (Å²) < 4.78 is 11.5. The van der Waals surface area contributed by atoms with Crippen molar-refractivity contribution in [1.29, 1.82) is 0 Å². The molecule has 0 spiro atoms. The van der Waals surface area contributed by atoms with E-state index in [0.717, 1.165) is 0 Å². The Hall–Kier alpha value is -3.30. The molecule has 0 radical (unpaired) electrons. The zero-order valence-electron chi connectivity index (χ0n) is 21.1. The van der Waals surface area contributed by atoms with E-state index in [9.17, 15) is 14.7 Å². The van der Waals surface area contributed by atoms with E-state index in [-0.39, 0.29) is 37.0 Å². The van der Waals surface area contributed by atoms with E-state index in [0.29, 0.717) is 41.5 Å². The van der Waals surface area contributed by atoms with Gasteiger partial charge in [-0.1, -0.05) is 6.92 Å². The van der Waals surface area contributed by atoms with Crippen molar-refractivity contribution < 1.29 is 24.2 Å². The Labute approximate surface area is 207 Å². The Balaban J connectivity index is 1.83. The lowest BCUT2D eigenvalue weighted by Gasteiger charge is -2.33. The Morgan fingerprint density at radius 2 is 1.86 bits per heavy atom. The van der Waals surface area contributed by atoms with Crippen molar-refractivity contribution in [3.63, 3.8) is 0 Å². The number of urea groups is 1. The molecule has 35 heavy (non-hydrogen) atoms. The van der Waals surface area contributed by atoms with E-state index in [2.05, 4.69) is 22.5 Å². The van der Waals surface area contributed by atoms with Gasteiger partial charge in [-0.2, -0.15) is 0 Å². The Morgan fingerprint density at radius 3 is 2.49 bits per heavy atom. The molecule has 0 aliphatic carbocycles. The van der Waals surface area contributed by atoms with Crippen LogP contribution in [0.1, 0.15) is 19.4 Å². The summed E-state index contributed by atoms with van der Waals surface area (Å²) in [7, 11) is 5.55. The van der Waals surface area contributed by atoms with Crippen molar-refractivity contribution in [3.8, 4) is 11.5 Å². The predicted molar refractivity (Wildman–Crippen MR) is 136 cm³/mol. The molecule has 1 aliphatic rings. The maximum absolute atomic E-state index is 13.2. The number of nitrogens with one attached hydrogen (secondary N) is 2. The summed E-state index contributed by atoms with van der Waals surface area (Å²) in [6.07, 6.45) is -0.0447. The van der Waals surface area contributed by atoms with E-state index in [4.69, 9.17) is 9.47 Å². The van der Waals surface area contributed by atoms with Crippen LogP contribution in [-0.2, 0) is 11.2 Å². The first-order valence-electron chi connectivity index (χ1n) is 11.8. The number of hydrogen-bond acceptors (Lipinski definition) is 6. The smallest absolute Gasteiger partial charge is 0.323 e. The van der Waals surface area contributed by atoms with Crippen molar-refractivity contribution in [1.82, 2.24) is 9.80 Å². The van der Waals surface area contributed by atoms with Crippen LogP contribution >= 0.6 is 0 Å². The lowest BCUT2D eigenvalue weighted by Crippen LogP contribution is -2.47. The SMILES string of the molecule is COc1ccc(NC(=O)Nc2ccc3c(c2)CC(=O)N([C@H](C)CO)C[C@@H](C)[C@@H](CN(C)C)O3)cc1. The summed E-state index contributed by atoms with van der Waals surface area (Å²) in [5.74, 6) is 1.28. The van der Waals surface area contributed by atoms with Crippen LogP contribution in [0, 0.1) is 5.92 Å². The zero-order chi connectivity index (χ0) is 25.5. The van der Waals surface area contributed by atoms with Crippen molar-refractivity contribution in [2.24, 2.45) is 5.92 Å². The van der Waals surface area contributed by atoms with Gasteiger partial charge in [0.05, 0.1) is 26.2 Å². The van der Waals surface area contributed by atoms with Crippen molar-refractivity contribution in [3.05, 3.63) is 48.0 Å². The molecule has 2 aromatic rings. The average molecular weight is 485 g/mol. The monoisotopic (exact) mass is 484 g/mol. The Morgan fingerprint density at radius 1 is 1.20 bits per heavy atom. The van der Waals surface area contributed by atoms with Gasteiger partial charge in [-0.3, -0.25) is 4.79 Å². The number of carbonyl (C=O) groups is 2. The number of ether oxygens (including phenoxy) is 2. The highest BCUT2D eigenvalue weighted by Crippen LogP contribution is 2.29. The van der Waals surface area contributed by atoms with Gasteiger partial charge in [-0.05, 0) is 63.5 Å². The molecule has 0 bridgehead atoms. The summed E-state index contributed by atoms with van der Waals surface area (Å²) >= 11 is 0. The molecule has 3 N–H and O–H groups in total. The number of aliphatic hydroxyl groups excluding tert-OH is 1. The molecule has 190 valence electrons. The molecule has 0 saturated heterocycles. The third kappa shape index (κ3) is 7.10. The number of carbonyl (C=O) groups excluding carboxylic acids is 2. The van der Waals surface area contributed by atoms with E-state index >= 15 is 0 Å². The number of hydrogen-bond donors (Lipinski definition) is 3. The highest BCUT2D eigenvalue weighted by atomic mass is 16.5. The molecule has 0 fully saturated rings. The zero-order valence-corrected chi connectivity index (χ0v) is 21.1. The molecule has 9 heteroatoms. The van der Waals surface area contributed by atoms with Gasteiger partial charge in [0, 0.05) is 35.9 Å². The van der Waals surface area contributed by atoms with Gasteiger partial charge < -0.3 is 35.0 Å². The summed E-state index contributed by atoms with van der Waals surface area (Å²) in [5, 5.41) is 15.3.